The van der Waals surface area contributed by atoms with Crippen molar-refractivity contribution < 1.29 is 4.74 Å². The molecule has 0 N–H and O–H groups in total. The fourth-order valence-corrected chi connectivity index (χ4v) is 7.47. The highest BCUT2D eigenvalue weighted by Gasteiger charge is 2.48. The Labute approximate surface area is 136 Å². The molecule has 2 saturated heterocycles. The maximum Gasteiger partial charge on any atom is 0.111 e. The van der Waals surface area contributed by atoms with Crippen molar-refractivity contribution >= 4 is 8.07 Å². The van der Waals surface area contributed by atoms with Crippen molar-refractivity contribution in [3.63, 3.8) is 0 Å². The van der Waals surface area contributed by atoms with E-state index >= 15 is 0 Å². The Morgan fingerprint density at radius 2 is 1.91 bits per heavy atom. The molecule has 2 aliphatic heterocycles. The van der Waals surface area contributed by atoms with Gasteiger partial charge in [-0.2, -0.15) is 0 Å². The van der Waals surface area contributed by atoms with Crippen LogP contribution < -0.4 is 0 Å². The van der Waals surface area contributed by atoms with Gasteiger partial charge in [0.25, 0.3) is 0 Å². The second-order valence-electron chi connectivity index (χ2n) is 8.70. The molecule has 122 valence electrons. The van der Waals surface area contributed by atoms with E-state index in [1.54, 1.807) is 0 Å². The molecule has 0 radical (unpaired) electrons. The maximum absolute atomic E-state index is 6.34. The Morgan fingerprint density at radius 3 is 2.59 bits per heavy atom. The van der Waals surface area contributed by atoms with Gasteiger partial charge in [0.05, 0.1) is 6.61 Å². The number of piperidine rings is 1. The van der Waals surface area contributed by atoms with Crippen LogP contribution >= 0.6 is 0 Å². The van der Waals surface area contributed by atoms with E-state index in [0.29, 0.717) is 12.3 Å². The number of hydrogen-bond donors (Lipinski definition) is 0. The molecule has 3 rings (SSSR count). The van der Waals surface area contributed by atoms with Gasteiger partial charge in [-0.25, -0.2) is 0 Å². The zero-order chi connectivity index (χ0) is 15.8. The molecular weight excluding hydrogens is 286 g/mol. The van der Waals surface area contributed by atoms with E-state index in [1.807, 2.05) is 0 Å². The maximum atomic E-state index is 6.34. The predicted octanol–water partition coefficient (Wildman–Crippen LogP) is 4.91. The molecule has 0 aromatic heterocycles. The number of hydrogen-bond acceptors (Lipinski definition) is 2. The smallest absolute Gasteiger partial charge is 0.111 e. The van der Waals surface area contributed by atoms with Crippen molar-refractivity contribution in [2.24, 2.45) is 5.41 Å². The first-order chi connectivity index (χ1) is 10.4. The quantitative estimate of drug-likeness (QED) is 0.734. The number of nitrogens with zero attached hydrogens (tertiary/aromatic N) is 1. The molecule has 3 heteroatoms. The standard InChI is InChI=1S/C19H31NOSi/c1-19(15-22(2,3)4)14-21-17-12-8-9-13-20(17)18(19)16-10-6-5-7-11-16/h5-7,10-11,17-18H,8-9,12-15H2,1-4H3/t17?,18-,19+/m1/s1. The Bertz CT molecular complexity index is 498. The lowest BCUT2D eigenvalue weighted by Crippen LogP contribution is -2.56. The zero-order valence-electron chi connectivity index (χ0n) is 14.6. The monoisotopic (exact) mass is 317 g/mol. The van der Waals surface area contributed by atoms with Crippen molar-refractivity contribution in [2.75, 3.05) is 13.2 Å². The SMILES string of the molecule is C[C@@]1(C[Si](C)(C)C)COC2CCCCN2[C@@H]1c1ccccc1. The predicted molar refractivity (Wildman–Crippen MR) is 95.7 cm³/mol. The molecule has 22 heavy (non-hydrogen) atoms. The van der Waals surface area contributed by atoms with Crippen LogP contribution in [-0.4, -0.2) is 32.4 Å². The van der Waals surface area contributed by atoms with E-state index in [1.165, 1.54) is 37.4 Å². The van der Waals surface area contributed by atoms with Crippen LogP contribution in [0, 0.1) is 5.41 Å². The van der Waals surface area contributed by atoms with Crippen LogP contribution in [0.15, 0.2) is 30.3 Å². The Balaban J connectivity index is 1.97. The second kappa shape index (κ2) is 6.10. The van der Waals surface area contributed by atoms with Crippen LogP contribution in [0.1, 0.15) is 37.8 Å². The molecule has 0 amide bonds. The largest absolute Gasteiger partial charge is 0.362 e. The zero-order valence-corrected chi connectivity index (χ0v) is 15.6. The van der Waals surface area contributed by atoms with E-state index in [-0.39, 0.29) is 5.41 Å². The third-order valence-corrected chi connectivity index (χ3v) is 7.00. The average Bonchev–Trinajstić information content (AvgIpc) is 2.46. The van der Waals surface area contributed by atoms with Crippen LogP contribution in [0.5, 0.6) is 0 Å². The van der Waals surface area contributed by atoms with E-state index in [2.05, 4.69) is 61.8 Å². The summed E-state index contributed by atoms with van der Waals surface area (Å²) in [7, 11) is -1.15. The summed E-state index contributed by atoms with van der Waals surface area (Å²) >= 11 is 0. The van der Waals surface area contributed by atoms with Crippen molar-refractivity contribution in [3.8, 4) is 0 Å². The average molecular weight is 318 g/mol. The molecule has 2 heterocycles. The number of benzene rings is 1. The molecule has 0 bridgehead atoms. The molecule has 2 fully saturated rings. The molecule has 1 aromatic rings. The molecule has 2 aliphatic rings. The molecule has 0 aliphatic carbocycles. The van der Waals surface area contributed by atoms with Crippen molar-refractivity contribution in [1.82, 2.24) is 4.90 Å². The first kappa shape index (κ1) is 16.2. The van der Waals surface area contributed by atoms with Gasteiger partial charge in [0.1, 0.15) is 6.23 Å². The number of rotatable bonds is 3. The summed E-state index contributed by atoms with van der Waals surface area (Å²) in [5.41, 5.74) is 1.72. The van der Waals surface area contributed by atoms with Gasteiger partial charge in [-0.15, -0.1) is 0 Å². The van der Waals surface area contributed by atoms with Crippen molar-refractivity contribution in [3.05, 3.63) is 35.9 Å². The highest BCUT2D eigenvalue weighted by atomic mass is 28.3. The van der Waals surface area contributed by atoms with Gasteiger partial charge in [0.2, 0.25) is 0 Å². The minimum atomic E-state index is -1.15. The summed E-state index contributed by atoms with van der Waals surface area (Å²) in [4.78, 5) is 2.67. The lowest BCUT2D eigenvalue weighted by atomic mass is 9.77. The Kier molecular flexibility index (Phi) is 4.50. The van der Waals surface area contributed by atoms with Crippen LogP contribution in [0.4, 0.5) is 0 Å². The first-order valence-electron chi connectivity index (χ1n) is 8.81. The van der Waals surface area contributed by atoms with Gasteiger partial charge in [-0.1, -0.05) is 56.9 Å². The van der Waals surface area contributed by atoms with Crippen LogP contribution in [0.3, 0.4) is 0 Å². The molecule has 1 aromatic carbocycles. The van der Waals surface area contributed by atoms with Crippen LogP contribution in [0.2, 0.25) is 25.7 Å². The Hall–Kier alpha value is -0.643. The van der Waals surface area contributed by atoms with E-state index in [0.717, 1.165) is 6.61 Å². The van der Waals surface area contributed by atoms with Gasteiger partial charge in [0.15, 0.2) is 0 Å². The van der Waals surface area contributed by atoms with Gasteiger partial charge in [-0.3, -0.25) is 4.90 Å². The number of ether oxygens (including phenoxy) is 1. The summed E-state index contributed by atoms with van der Waals surface area (Å²) < 4.78 is 6.34. The Morgan fingerprint density at radius 1 is 1.18 bits per heavy atom. The number of fused-ring (bicyclic) bond motifs is 1. The van der Waals surface area contributed by atoms with Crippen LogP contribution in [0.25, 0.3) is 0 Å². The van der Waals surface area contributed by atoms with E-state index in [4.69, 9.17) is 4.74 Å². The minimum Gasteiger partial charge on any atom is -0.362 e. The summed E-state index contributed by atoms with van der Waals surface area (Å²) in [5, 5.41) is 0. The molecule has 0 spiro atoms. The molecule has 0 saturated carbocycles. The van der Waals surface area contributed by atoms with Gasteiger partial charge >= 0.3 is 0 Å². The third kappa shape index (κ3) is 3.32. The minimum absolute atomic E-state index is 0.236. The lowest BCUT2D eigenvalue weighted by molar-refractivity contribution is -0.192. The fraction of sp³-hybridized carbons (Fsp3) is 0.684. The fourth-order valence-electron chi connectivity index (χ4n) is 4.75. The molecule has 3 atom stereocenters. The van der Waals surface area contributed by atoms with Gasteiger partial charge in [0, 0.05) is 26.1 Å². The summed E-state index contributed by atoms with van der Waals surface area (Å²) in [6, 6.07) is 13.0. The van der Waals surface area contributed by atoms with Crippen molar-refractivity contribution in [1.29, 1.82) is 0 Å². The summed E-state index contributed by atoms with van der Waals surface area (Å²) in [5.74, 6) is 0. The van der Waals surface area contributed by atoms with Gasteiger partial charge < -0.3 is 4.74 Å². The first-order valence-corrected chi connectivity index (χ1v) is 12.5. The van der Waals surface area contributed by atoms with Crippen molar-refractivity contribution in [2.45, 2.75) is 64.1 Å². The van der Waals surface area contributed by atoms with Crippen LogP contribution in [-0.2, 0) is 4.74 Å². The lowest BCUT2D eigenvalue weighted by Gasteiger charge is -2.55. The highest BCUT2D eigenvalue weighted by molar-refractivity contribution is 6.76. The molecular formula is C19H31NOSi. The molecule has 1 unspecified atom stereocenters. The normalized spacial score (nSPS) is 33.5. The van der Waals surface area contributed by atoms with E-state index in [9.17, 15) is 0 Å². The summed E-state index contributed by atoms with van der Waals surface area (Å²) in [6.07, 6.45) is 4.17. The summed E-state index contributed by atoms with van der Waals surface area (Å²) in [6.45, 7) is 12.0. The van der Waals surface area contributed by atoms with Gasteiger partial charge in [-0.05, 0) is 30.9 Å². The highest BCUT2D eigenvalue weighted by Crippen LogP contribution is 2.49. The van der Waals surface area contributed by atoms with E-state index < -0.39 is 8.07 Å². The topological polar surface area (TPSA) is 12.5 Å². The second-order valence-corrected chi connectivity index (χ2v) is 14.2. The molecule has 2 nitrogen and oxygen atoms in total. The third-order valence-electron chi connectivity index (χ3n) is 5.13.